The van der Waals surface area contributed by atoms with E-state index in [2.05, 4.69) is 21.2 Å². The molecule has 0 aliphatic carbocycles. The van der Waals surface area contributed by atoms with E-state index in [1.54, 1.807) is 32.0 Å². The molecular formula is C16H15BrN2O4. The molecule has 2 aromatic carbocycles. The van der Waals surface area contributed by atoms with Crippen LogP contribution in [0.2, 0.25) is 0 Å². The molecule has 0 spiro atoms. The molecule has 23 heavy (non-hydrogen) atoms. The largest absolute Gasteiger partial charge is 0.481 e. The summed E-state index contributed by atoms with van der Waals surface area (Å²) in [5, 5.41) is 13.5. The van der Waals surface area contributed by atoms with E-state index in [0.717, 1.165) is 10.0 Å². The van der Waals surface area contributed by atoms with E-state index in [4.69, 9.17) is 4.74 Å². The zero-order valence-corrected chi connectivity index (χ0v) is 14.2. The minimum atomic E-state index is -0.741. The average Bonchev–Trinajstić information content (AvgIpc) is 2.51. The topological polar surface area (TPSA) is 81.5 Å². The number of nitrogens with one attached hydrogen (secondary N) is 1. The molecule has 0 fully saturated rings. The fourth-order valence-electron chi connectivity index (χ4n) is 1.86. The van der Waals surface area contributed by atoms with E-state index < -0.39 is 11.0 Å². The van der Waals surface area contributed by atoms with Crippen molar-refractivity contribution in [2.75, 3.05) is 5.32 Å². The van der Waals surface area contributed by atoms with Gasteiger partial charge in [-0.15, -0.1) is 0 Å². The summed E-state index contributed by atoms with van der Waals surface area (Å²) in [6.07, 6.45) is -0.741. The molecule has 0 aromatic heterocycles. The van der Waals surface area contributed by atoms with Crippen molar-refractivity contribution in [1.29, 1.82) is 0 Å². The number of nitro benzene ring substituents is 1. The summed E-state index contributed by atoms with van der Waals surface area (Å²) in [6.45, 7) is 3.38. The number of ether oxygens (including phenoxy) is 1. The van der Waals surface area contributed by atoms with Crippen molar-refractivity contribution >= 4 is 33.2 Å². The highest BCUT2D eigenvalue weighted by Crippen LogP contribution is 2.22. The number of non-ortho nitro benzene ring substituents is 1. The highest BCUT2D eigenvalue weighted by atomic mass is 79.9. The molecule has 1 N–H and O–H groups in total. The van der Waals surface area contributed by atoms with Crippen molar-refractivity contribution in [1.82, 2.24) is 0 Å². The van der Waals surface area contributed by atoms with Gasteiger partial charge in [0.25, 0.3) is 11.6 Å². The number of nitrogens with zero attached hydrogens (tertiary/aromatic N) is 1. The quantitative estimate of drug-likeness (QED) is 0.627. The monoisotopic (exact) mass is 378 g/mol. The van der Waals surface area contributed by atoms with Gasteiger partial charge < -0.3 is 10.1 Å². The van der Waals surface area contributed by atoms with Gasteiger partial charge in [0.15, 0.2) is 6.10 Å². The van der Waals surface area contributed by atoms with Gasteiger partial charge in [0.2, 0.25) is 0 Å². The van der Waals surface area contributed by atoms with Crippen LogP contribution < -0.4 is 10.1 Å². The summed E-state index contributed by atoms with van der Waals surface area (Å²) < 4.78 is 6.47. The molecule has 0 aliphatic rings. The van der Waals surface area contributed by atoms with Crippen molar-refractivity contribution in [3.63, 3.8) is 0 Å². The fourth-order valence-corrected chi connectivity index (χ4v) is 2.13. The summed E-state index contributed by atoms with van der Waals surface area (Å²) in [4.78, 5) is 22.5. The van der Waals surface area contributed by atoms with E-state index in [1.165, 1.54) is 12.1 Å². The Hall–Kier alpha value is -2.41. The van der Waals surface area contributed by atoms with Crippen LogP contribution in [0.15, 0.2) is 46.9 Å². The van der Waals surface area contributed by atoms with Gasteiger partial charge in [-0.05, 0) is 43.7 Å². The van der Waals surface area contributed by atoms with Crippen molar-refractivity contribution < 1.29 is 14.5 Å². The third-order valence-corrected chi connectivity index (χ3v) is 3.71. The summed E-state index contributed by atoms with van der Waals surface area (Å²) in [6, 6.07) is 11.4. The van der Waals surface area contributed by atoms with Gasteiger partial charge in [0.1, 0.15) is 5.75 Å². The minimum Gasteiger partial charge on any atom is -0.481 e. The van der Waals surface area contributed by atoms with Crippen molar-refractivity contribution in [3.8, 4) is 5.75 Å². The molecule has 0 saturated carbocycles. The summed E-state index contributed by atoms with van der Waals surface area (Å²) in [7, 11) is 0. The molecule has 0 heterocycles. The van der Waals surface area contributed by atoms with Crippen LogP contribution in [-0.4, -0.2) is 16.9 Å². The Balaban J connectivity index is 2.07. The Bertz CT molecular complexity index is 731. The Labute approximate surface area is 141 Å². The van der Waals surface area contributed by atoms with Gasteiger partial charge in [-0.3, -0.25) is 14.9 Å². The van der Waals surface area contributed by atoms with E-state index in [0.29, 0.717) is 11.4 Å². The van der Waals surface area contributed by atoms with Crippen LogP contribution in [0.4, 0.5) is 11.4 Å². The van der Waals surface area contributed by atoms with Crippen LogP contribution in [0.5, 0.6) is 5.75 Å². The number of benzene rings is 2. The Morgan fingerprint density at radius 2 is 1.91 bits per heavy atom. The summed E-state index contributed by atoms with van der Waals surface area (Å²) >= 11 is 3.32. The Kier molecular flexibility index (Phi) is 5.33. The molecule has 7 heteroatoms. The summed E-state index contributed by atoms with van der Waals surface area (Å²) in [5.41, 5.74) is 1.06. The predicted octanol–water partition coefficient (Wildman–Crippen LogP) is 4.07. The van der Waals surface area contributed by atoms with Crippen LogP contribution >= 0.6 is 15.9 Å². The molecule has 0 bridgehead atoms. The van der Waals surface area contributed by atoms with Crippen molar-refractivity contribution in [2.24, 2.45) is 0 Å². The lowest BCUT2D eigenvalue weighted by Crippen LogP contribution is -2.30. The zero-order valence-electron chi connectivity index (χ0n) is 12.6. The molecule has 120 valence electrons. The van der Waals surface area contributed by atoms with Gasteiger partial charge in [-0.2, -0.15) is 0 Å². The number of hydrogen-bond acceptors (Lipinski definition) is 4. The van der Waals surface area contributed by atoms with Crippen LogP contribution in [-0.2, 0) is 4.79 Å². The standard InChI is InChI=1S/C16H15BrN2O4/c1-10-3-6-13(19(21)22)9-15(10)18-16(20)11(2)23-14-7-4-12(17)5-8-14/h3-9,11H,1-2H3,(H,18,20)/t11-/m0/s1. The number of rotatable bonds is 5. The van der Waals surface area contributed by atoms with E-state index >= 15 is 0 Å². The number of nitro groups is 1. The first-order valence-electron chi connectivity index (χ1n) is 6.85. The van der Waals surface area contributed by atoms with Gasteiger partial charge in [0, 0.05) is 16.6 Å². The van der Waals surface area contributed by atoms with E-state index in [9.17, 15) is 14.9 Å². The molecule has 6 nitrogen and oxygen atoms in total. The van der Waals surface area contributed by atoms with Crippen LogP contribution in [0.3, 0.4) is 0 Å². The second-order valence-electron chi connectivity index (χ2n) is 4.96. The maximum absolute atomic E-state index is 12.2. The number of carbonyl (C=O) groups excluding carboxylic acids is 1. The first kappa shape index (κ1) is 17.0. The van der Waals surface area contributed by atoms with Crippen LogP contribution in [0, 0.1) is 17.0 Å². The van der Waals surface area contributed by atoms with E-state index in [1.807, 2.05) is 12.1 Å². The van der Waals surface area contributed by atoms with Gasteiger partial charge >= 0.3 is 0 Å². The Morgan fingerprint density at radius 1 is 1.26 bits per heavy atom. The van der Waals surface area contributed by atoms with Crippen molar-refractivity contribution in [2.45, 2.75) is 20.0 Å². The van der Waals surface area contributed by atoms with Gasteiger partial charge in [-0.25, -0.2) is 0 Å². The second-order valence-corrected chi connectivity index (χ2v) is 5.88. The predicted molar refractivity (Wildman–Crippen MR) is 90.7 cm³/mol. The maximum Gasteiger partial charge on any atom is 0.271 e. The molecule has 2 rings (SSSR count). The highest BCUT2D eigenvalue weighted by molar-refractivity contribution is 9.10. The molecule has 0 radical (unpaired) electrons. The number of carbonyl (C=O) groups is 1. The molecular weight excluding hydrogens is 364 g/mol. The third-order valence-electron chi connectivity index (χ3n) is 3.19. The minimum absolute atomic E-state index is 0.0765. The maximum atomic E-state index is 12.2. The number of amides is 1. The number of hydrogen-bond donors (Lipinski definition) is 1. The SMILES string of the molecule is Cc1ccc([N+](=O)[O-])cc1NC(=O)[C@H](C)Oc1ccc(Br)cc1. The van der Waals surface area contributed by atoms with Crippen LogP contribution in [0.25, 0.3) is 0 Å². The highest BCUT2D eigenvalue weighted by Gasteiger charge is 2.17. The third kappa shape index (κ3) is 4.53. The molecule has 0 aliphatic heterocycles. The zero-order chi connectivity index (χ0) is 17.0. The molecule has 1 atom stereocenters. The van der Waals surface area contributed by atoms with Gasteiger partial charge in [-0.1, -0.05) is 22.0 Å². The number of anilines is 1. The number of aryl methyl sites for hydroxylation is 1. The Morgan fingerprint density at radius 3 is 2.52 bits per heavy atom. The fraction of sp³-hybridized carbons (Fsp3) is 0.188. The molecule has 2 aromatic rings. The van der Waals surface area contributed by atoms with Crippen LogP contribution in [0.1, 0.15) is 12.5 Å². The lowest BCUT2D eigenvalue weighted by atomic mass is 10.1. The number of halogens is 1. The molecule has 1 amide bonds. The first-order valence-corrected chi connectivity index (χ1v) is 7.64. The van der Waals surface area contributed by atoms with Gasteiger partial charge in [0.05, 0.1) is 10.6 Å². The first-order chi connectivity index (χ1) is 10.9. The van der Waals surface area contributed by atoms with E-state index in [-0.39, 0.29) is 11.6 Å². The molecule has 0 unspecified atom stereocenters. The normalized spacial score (nSPS) is 11.6. The lowest BCUT2D eigenvalue weighted by Gasteiger charge is -2.15. The molecule has 0 saturated heterocycles. The summed E-state index contributed by atoms with van der Waals surface area (Å²) in [5.74, 6) is 0.183. The average molecular weight is 379 g/mol. The lowest BCUT2D eigenvalue weighted by molar-refractivity contribution is -0.384. The smallest absolute Gasteiger partial charge is 0.271 e. The second kappa shape index (κ2) is 7.23. The van der Waals surface area contributed by atoms with Crippen molar-refractivity contribution in [3.05, 3.63) is 62.6 Å².